The van der Waals surface area contributed by atoms with Gasteiger partial charge in [0.05, 0.1) is 13.0 Å². The van der Waals surface area contributed by atoms with Gasteiger partial charge in [0.2, 0.25) is 0 Å². The highest BCUT2D eigenvalue weighted by atomic mass is 16.6. The summed E-state index contributed by atoms with van der Waals surface area (Å²) >= 11 is 0. The van der Waals surface area contributed by atoms with Crippen LogP contribution in [0.5, 0.6) is 0 Å². The van der Waals surface area contributed by atoms with Crippen LogP contribution >= 0.6 is 0 Å². The second kappa shape index (κ2) is 6.08. The molecule has 0 spiro atoms. The number of hydrogen-bond acceptors (Lipinski definition) is 4. The Balaban J connectivity index is 2.23. The van der Waals surface area contributed by atoms with Crippen LogP contribution in [0.1, 0.15) is 38.5 Å². The van der Waals surface area contributed by atoms with Crippen molar-refractivity contribution in [3.8, 4) is 0 Å². The van der Waals surface area contributed by atoms with Crippen molar-refractivity contribution in [2.75, 3.05) is 20.3 Å². The van der Waals surface area contributed by atoms with E-state index in [1.165, 1.54) is 6.42 Å². The Hall–Kier alpha value is -0.610. The number of rotatable bonds is 5. The molecule has 0 aromatic carbocycles. The first kappa shape index (κ1) is 12.5. The lowest BCUT2D eigenvalue weighted by molar-refractivity contribution is -0.146. The van der Waals surface area contributed by atoms with Crippen LogP contribution in [0.2, 0.25) is 0 Å². The van der Waals surface area contributed by atoms with E-state index in [1.807, 2.05) is 0 Å². The Morgan fingerprint density at radius 1 is 1.27 bits per heavy atom. The number of hydrogen-bond donors (Lipinski definition) is 1. The molecule has 0 saturated heterocycles. The van der Waals surface area contributed by atoms with Gasteiger partial charge in [-0.3, -0.25) is 4.79 Å². The molecule has 4 heteroatoms. The maximum absolute atomic E-state index is 11.4. The topological polar surface area (TPSA) is 61.5 Å². The van der Waals surface area contributed by atoms with Gasteiger partial charge in [-0.15, -0.1) is 0 Å². The Morgan fingerprint density at radius 2 is 1.93 bits per heavy atom. The van der Waals surface area contributed by atoms with E-state index in [0.717, 1.165) is 25.7 Å². The molecule has 0 bridgehead atoms. The standard InChI is InChI=1S/C11H21NO3/c1-14-7-8-15-10(13)9-11(12)5-3-2-4-6-11/h2-9,12H2,1H3. The zero-order valence-corrected chi connectivity index (χ0v) is 9.46. The monoisotopic (exact) mass is 215 g/mol. The van der Waals surface area contributed by atoms with E-state index in [-0.39, 0.29) is 11.5 Å². The van der Waals surface area contributed by atoms with E-state index >= 15 is 0 Å². The lowest BCUT2D eigenvalue weighted by Crippen LogP contribution is -2.44. The minimum absolute atomic E-state index is 0.198. The largest absolute Gasteiger partial charge is 0.463 e. The molecular formula is C11H21NO3. The number of esters is 1. The Kier molecular flexibility index (Phi) is 5.05. The predicted octanol–water partition coefficient (Wildman–Crippen LogP) is 1.23. The van der Waals surface area contributed by atoms with Crippen LogP contribution in [0.3, 0.4) is 0 Å². The average Bonchev–Trinajstić information content (AvgIpc) is 2.18. The Bertz CT molecular complexity index is 200. The highest BCUT2D eigenvalue weighted by Gasteiger charge is 2.30. The summed E-state index contributed by atoms with van der Waals surface area (Å²) in [7, 11) is 1.58. The molecule has 0 unspecified atom stereocenters. The molecule has 0 aromatic heterocycles. The van der Waals surface area contributed by atoms with Crippen molar-refractivity contribution in [1.29, 1.82) is 0 Å². The van der Waals surface area contributed by atoms with Crippen LogP contribution in [-0.2, 0) is 14.3 Å². The molecule has 0 radical (unpaired) electrons. The quantitative estimate of drug-likeness (QED) is 0.553. The van der Waals surface area contributed by atoms with E-state index in [0.29, 0.717) is 19.6 Å². The molecule has 2 N–H and O–H groups in total. The first-order valence-electron chi connectivity index (χ1n) is 5.60. The predicted molar refractivity (Wildman–Crippen MR) is 57.5 cm³/mol. The van der Waals surface area contributed by atoms with Crippen LogP contribution in [0.15, 0.2) is 0 Å². The fourth-order valence-corrected chi connectivity index (χ4v) is 2.01. The lowest BCUT2D eigenvalue weighted by atomic mass is 9.80. The minimum Gasteiger partial charge on any atom is -0.463 e. The van der Waals surface area contributed by atoms with E-state index in [9.17, 15) is 4.79 Å². The average molecular weight is 215 g/mol. The number of nitrogens with two attached hydrogens (primary N) is 1. The van der Waals surface area contributed by atoms with Crippen molar-refractivity contribution in [3.05, 3.63) is 0 Å². The second-order valence-corrected chi connectivity index (χ2v) is 4.31. The molecule has 1 fully saturated rings. The molecule has 1 aliphatic rings. The minimum atomic E-state index is -0.317. The van der Waals surface area contributed by atoms with Gasteiger partial charge in [0.15, 0.2) is 0 Å². The smallest absolute Gasteiger partial charge is 0.307 e. The van der Waals surface area contributed by atoms with Gasteiger partial charge in [0.25, 0.3) is 0 Å². The molecule has 0 aromatic rings. The summed E-state index contributed by atoms with van der Waals surface area (Å²) in [4.78, 5) is 11.4. The van der Waals surface area contributed by atoms with E-state index in [2.05, 4.69) is 0 Å². The van der Waals surface area contributed by atoms with E-state index < -0.39 is 0 Å². The van der Waals surface area contributed by atoms with Crippen LogP contribution < -0.4 is 5.73 Å². The van der Waals surface area contributed by atoms with Crippen LogP contribution in [0, 0.1) is 0 Å². The molecule has 0 atom stereocenters. The third-order valence-electron chi connectivity index (χ3n) is 2.90. The molecular weight excluding hydrogens is 194 g/mol. The number of carbonyl (C=O) groups excluding carboxylic acids is 1. The van der Waals surface area contributed by atoms with Gasteiger partial charge >= 0.3 is 5.97 Å². The van der Waals surface area contributed by atoms with Gasteiger partial charge in [-0.25, -0.2) is 0 Å². The van der Waals surface area contributed by atoms with Crippen molar-refractivity contribution < 1.29 is 14.3 Å². The zero-order chi connectivity index (χ0) is 11.1. The normalized spacial score (nSPS) is 19.9. The van der Waals surface area contributed by atoms with Crippen LogP contribution in [0.4, 0.5) is 0 Å². The van der Waals surface area contributed by atoms with Crippen molar-refractivity contribution in [2.24, 2.45) is 5.73 Å². The summed E-state index contributed by atoms with van der Waals surface area (Å²) in [6, 6.07) is 0. The molecule has 1 aliphatic carbocycles. The van der Waals surface area contributed by atoms with Crippen molar-refractivity contribution in [3.63, 3.8) is 0 Å². The SMILES string of the molecule is COCCOC(=O)CC1(N)CCCCC1. The van der Waals surface area contributed by atoms with Gasteiger partial charge in [-0.05, 0) is 12.8 Å². The Labute approximate surface area is 91.1 Å². The number of ether oxygens (including phenoxy) is 2. The summed E-state index contributed by atoms with van der Waals surface area (Å²) in [5.41, 5.74) is 5.82. The first-order chi connectivity index (χ1) is 7.16. The van der Waals surface area contributed by atoms with Crippen molar-refractivity contribution >= 4 is 5.97 Å². The molecule has 0 heterocycles. The van der Waals surface area contributed by atoms with Crippen molar-refractivity contribution in [1.82, 2.24) is 0 Å². The molecule has 88 valence electrons. The molecule has 1 rings (SSSR count). The van der Waals surface area contributed by atoms with Gasteiger partial charge in [0.1, 0.15) is 6.61 Å². The number of carbonyl (C=O) groups is 1. The molecule has 15 heavy (non-hydrogen) atoms. The van der Waals surface area contributed by atoms with Crippen LogP contribution in [-0.4, -0.2) is 31.8 Å². The zero-order valence-electron chi connectivity index (χ0n) is 9.46. The van der Waals surface area contributed by atoms with Crippen LogP contribution in [0.25, 0.3) is 0 Å². The van der Waals surface area contributed by atoms with E-state index in [4.69, 9.17) is 15.2 Å². The summed E-state index contributed by atoms with van der Waals surface area (Å²) in [5.74, 6) is -0.198. The third kappa shape index (κ3) is 4.62. The third-order valence-corrected chi connectivity index (χ3v) is 2.90. The fraction of sp³-hybridized carbons (Fsp3) is 0.909. The molecule has 4 nitrogen and oxygen atoms in total. The molecule has 0 amide bonds. The highest BCUT2D eigenvalue weighted by molar-refractivity contribution is 5.70. The van der Waals surface area contributed by atoms with Gasteiger partial charge in [-0.1, -0.05) is 19.3 Å². The van der Waals surface area contributed by atoms with Gasteiger partial charge in [0, 0.05) is 12.6 Å². The highest BCUT2D eigenvalue weighted by Crippen LogP contribution is 2.28. The van der Waals surface area contributed by atoms with Gasteiger partial charge < -0.3 is 15.2 Å². The fourth-order valence-electron chi connectivity index (χ4n) is 2.01. The summed E-state index contributed by atoms with van der Waals surface area (Å²) < 4.78 is 9.81. The van der Waals surface area contributed by atoms with E-state index in [1.54, 1.807) is 7.11 Å². The summed E-state index contributed by atoms with van der Waals surface area (Å²) in [5, 5.41) is 0. The Morgan fingerprint density at radius 3 is 2.53 bits per heavy atom. The van der Waals surface area contributed by atoms with Gasteiger partial charge in [-0.2, -0.15) is 0 Å². The van der Waals surface area contributed by atoms with Crippen molar-refractivity contribution in [2.45, 2.75) is 44.1 Å². The lowest BCUT2D eigenvalue weighted by Gasteiger charge is -2.32. The first-order valence-corrected chi connectivity index (χ1v) is 5.60. The summed E-state index contributed by atoms with van der Waals surface area (Å²) in [6.07, 6.45) is 5.71. The summed E-state index contributed by atoms with van der Waals surface area (Å²) in [6.45, 7) is 0.773. The second-order valence-electron chi connectivity index (χ2n) is 4.31. The maximum Gasteiger partial charge on any atom is 0.307 e. The molecule has 0 aliphatic heterocycles. The number of methoxy groups -OCH3 is 1. The maximum atomic E-state index is 11.4. The molecule has 1 saturated carbocycles.